The van der Waals surface area contributed by atoms with E-state index < -0.39 is 5.79 Å². The van der Waals surface area contributed by atoms with Crippen LogP contribution in [0.4, 0.5) is 0 Å². The number of hydrogen-bond donors (Lipinski definition) is 0. The summed E-state index contributed by atoms with van der Waals surface area (Å²) < 4.78 is 11.8. The van der Waals surface area contributed by atoms with Crippen LogP contribution in [-0.4, -0.2) is 10.8 Å². The highest BCUT2D eigenvalue weighted by Crippen LogP contribution is 2.30. The maximum absolute atomic E-state index is 5.54. The molecular weight excluding hydrogens is 246 g/mol. The van der Waals surface area contributed by atoms with E-state index in [1.807, 2.05) is 26.0 Å². The van der Waals surface area contributed by atoms with Crippen molar-refractivity contribution in [3.63, 3.8) is 0 Å². The number of ether oxygens (including phenoxy) is 2. The standard InChI is InChI=1S/C10H10BrNO2/c1-10(2)13-6-9(14-10)8-4-3-7(11)5-12-8/h3-6H,1-2H3. The second-order valence-corrected chi connectivity index (χ2v) is 4.38. The van der Waals surface area contributed by atoms with Gasteiger partial charge in [0.05, 0.1) is 0 Å². The van der Waals surface area contributed by atoms with Crippen molar-refractivity contribution in [2.75, 3.05) is 0 Å². The highest BCUT2D eigenvalue weighted by Gasteiger charge is 2.28. The Morgan fingerprint density at radius 1 is 1.36 bits per heavy atom. The molecule has 1 aliphatic heterocycles. The van der Waals surface area contributed by atoms with Crippen molar-refractivity contribution in [1.29, 1.82) is 0 Å². The molecule has 0 radical (unpaired) electrons. The Balaban J connectivity index is 2.22. The lowest BCUT2D eigenvalue weighted by Crippen LogP contribution is -2.20. The molecule has 14 heavy (non-hydrogen) atoms. The minimum absolute atomic E-state index is 0.579. The van der Waals surface area contributed by atoms with Crippen LogP contribution in [0.25, 0.3) is 5.76 Å². The molecule has 4 heteroatoms. The summed E-state index contributed by atoms with van der Waals surface area (Å²) in [4.78, 5) is 4.21. The molecule has 0 fully saturated rings. The Bertz CT molecular complexity index is 370. The molecule has 0 aliphatic carbocycles. The fourth-order valence-corrected chi connectivity index (χ4v) is 1.38. The second-order valence-electron chi connectivity index (χ2n) is 3.46. The zero-order valence-electron chi connectivity index (χ0n) is 7.95. The zero-order valence-corrected chi connectivity index (χ0v) is 9.54. The topological polar surface area (TPSA) is 31.4 Å². The molecule has 0 saturated carbocycles. The molecule has 74 valence electrons. The summed E-state index contributed by atoms with van der Waals surface area (Å²) in [5.41, 5.74) is 0.777. The van der Waals surface area contributed by atoms with Crippen LogP contribution in [0.5, 0.6) is 0 Å². The highest BCUT2D eigenvalue weighted by atomic mass is 79.9. The fraction of sp³-hybridized carbons (Fsp3) is 0.300. The normalized spacial score (nSPS) is 18.4. The van der Waals surface area contributed by atoms with Crippen LogP contribution >= 0.6 is 15.9 Å². The van der Waals surface area contributed by atoms with Crippen LogP contribution in [0.1, 0.15) is 19.5 Å². The van der Waals surface area contributed by atoms with Gasteiger partial charge in [0.25, 0.3) is 0 Å². The maximum Gasteiger partial charge on any atom is 0.245 e. The number of pyridine rings is 1. The molecule has 2 rings (SSSR count). The Morgan fingerprint density at radius 2 is 2.14 bits per heavy atom. The van der Waals surface area contributed by atoms with Gasteiger partial charge in [-0.25, -0.2) is 0 Å². The molecule has 0 atom stereocenters. The predicted octanol–water partition coefficient (Wildman–Crippen LogP) is 2.93. The van der Waals surface area contributed by atoms with Crippen LogP contribution < -0.4 is 0 Å². The van der Waals surface area contributed by atoms with E-state index in [0.29, 0.717) is 5.76 Å². The van der Waals surface area contributed by atoms with E-state index in [9.17, 15) is 0 Å². The smallest absolute Gasteiger partial charge is 0.245 e. The number of halogens is 1. The van der Waals surface area contributed by atoms with E-state index in [-0.39, 0.29) is 0 Å². The van der Waals surface area contributed by atoms with Crippen molar-refractivity contribution in [3.8, 4) is 0 Å². The molecular formula is C10H10BrNO2. The van der Waals surface area contributed by atoms with E-state index >= 15 is 0 Å². The molecule has 1 aromatic rings. The van der Waals surface area contributed by atoms with Crippen molar-refractivity contribution in [2.45, 2.75) is 19.6 Å². The summed E-state index contributed by atoms with van der Waals surface area (Å²) in [5.74, 6) is 0.0897. The SMILES string of the molecule is CC1(C)OC=C(c2ccc(Br)cn2)O1. The van der Waals surface area contributed by atoms with Crippen molar-refractivity contribution in [2.24, 2.45) is 0 Å². The van der Waals surface area contributed by atoms with E-state index in [4.69, 9.17) is 9.47 Å². The average Bonchev–Trinajstić information content (AvgIpc) is 2.47. The Morgan fingerprint density at radius 3 is 2.64 bits per heavy atom. The molecule has 3 nitrogen and oxygen atoms in total. The predicted molar refractivity (Wildman–Crippen MR) is 56.2 cm³/mol. The summed E-state index contributed by atoms with van der Waals surface area (Å²) in [6.45, 7) is 3.71. The van der Waals surface area contributed by atoms with Gasteiger partial charge in [0.15, 0.2) is 5.76 Å². The largest absolute Gasteiger partial charge is 0.457 e. The molecule has 0 saturated heterocycles. The summed E-state index contributed by atoms with van der Waals surface area (Å²) in [6, 6.07) is 3.79. The van der Waals surface area contributed by atoms with Crippen molar-refractivity contribution in [3.05, 3.63) is 34.8 Å². The van der Waals surface area contributed by atoms with Gasteiger partial charge in [0, 0.05) is 24.5 Å². The summed E-state index contributed by atoms with van der Waals surface area (Å²) >= 11 is 3.32. The van der Waals surface area contributed by atoms with Crippen LogP contribution in [-0.2, 0) is 9.47 Å². The van der Waals surface area contributed by atoms with Crippen molar-refractivity contribution < 1.29 is 9.47 Å². The number of aromatic nitrogens is 1. The van der Waals surface area contributed by atoms with Gasteiger partial charge < -0.3 is 9.47 Å². The van der Waals surface area contributed by atoms with Crippen LogP contribution in [0.15, 0.2) is 29.1 Å². The zero-order chi connectivity index (χ0) is 10.2. The van der Waals surface area contributed by atoms with Gasteiger partial charge in [-0.15, -0.1) is 0 Å². The highest BCUT2D eigenvalue weighted by molar-refractivity contribution is 9.10. The monoisotopic (exact) mass is 255 g/mol. The summed E-state index contributed by atoms with van der Waals surface area (Å²) in [7, 11) is 0. The molecule has 1 aromatic heterocycles. The first kappa shape index (κ1) is 9.52. The lowest BCUT2D eigenvalue weighted by atomic mass is 10.3. The summed E-state index contributed by atoms with van der Waals surface area (Å²) in [6.07, 6.45) is 3.32. The molecule has 0 unspecified atom stereocenters. The molecule has 1 aliphatic rings. The quantitative estimate of drug-likeness (QED) is 0.774. The average molecular weight is 256 g/mol. The van der Waals surface area contributed by atoms with Gasteiger partial charge >= 0.3 is 0 Å². The van der Waals surface area contributed by atoms with Crippen molar-refractivity contribution in [1.82, 2.24) is 4.98 Å². The van der Waals surface area contributed by atoms with E-state index in [1.165, 1.54) is 0 Å². The number of nitrogens with zero attached hydrogens (tertiary/aromatic N) is 1. The third kappa shape index (κ3) is 1.90. The Labute approximate surface area is 90.9 Å². The fourth-order valence-electron chi connectivity index (χ4n) is 1.14. The second kappa shape index (κ2) is 3.28. The third-order valence-electron chi connectivity index (χ3n) is 1.79. The molecule has 0 amide bonds. The van der Waals surface area contributed by atoms with Gasteiger partial charge in [0.2, 0.25) is 5.79 Å². The van der Waals surface area contributed by atoms with Crippen LogP contribution in [0, 0.1) is 0 Å². The van der Waals surface area contributed by atoms with Gasteiger partial charge in [-0.05, 0) is 28.1 Å². The molecule has 2 heterocycles. The number of hydrogen-bond acceptors (Lipinski definition) is 3. The van der Waals surface area contributed by atoms with E-state index in [0.717, 1.165) is 10.2 Å². The van der Waals surface area contributed by atoms with Gasteiger partial charge in [0.1, 0.15) is 12.0 Å². The first-order valence-corrected chi connectivity index (χ1v) is 5.05. The molecule has 0 aromatic carbocycles. The minimum atomic E-state index is -0.579. The van der Waals surface area contributed by atoms with Gasteiger partial charge in [-0.1, -0.05) is 0 Å². The lowest BCUT2D eigenvalue weighted by Gasteiger charge is -2.17. The minimum Gasteiger partial charge on any atom is -0.457 e. The van der Waals surface area contributed by atoms with Crippen molar-refractivity contribution >= 4 is 21.7 Å². The van der Waals surface area contributed by atoms with Gasteiger partial charge in [-0.3, -0.25) is 4.98 Å². The number of rotatable bonds is 1. The third-order valence-corrected chi connectivity index (χ3v) is 2.25. The first-order chi connectivity index (χ1) is 6.57. The molecule has 0 N–H and O–H groups in total. The van der Waals surface area contributed by atoms with E-state index in [2.05, 4.69) is 20.9 Å². The molecule has 0 spiro atoms. The van der Waals surface area contributed by atoms with Gasteiger partial charge in [-0.2, -0.15) is 0 Å². The lowest BCUT2D eigenvalue weighted by molar-refractivity contribution is -0.102. The van der Waals surface area contributed by atoms with Crippen LogP contribution in [0.2, 0.25) is 0 Å². The Hall–Kier alpha value is -1.03. The van der Waals surface area contributed by atoms with Crippen LogP contribution in [0.3, 0.4) is 0 Å². The maximum atomic E-state index is 5.54. The summed E-state index contributed by atoms with van der Waals surface area (Å²) in [5, 5.41) is 0. The van der Waals surface area contributed by atoms with E-state index in [1.54, 1.807) is 12.5 Å². The molecule has 0 bridgehead atoms. The Kier molecular flexibility index (Phi) is 2.23. The first-order valence-electron chi connectivity index (χ1n) is 4.26.